The number of hydrogen-bond acceptors (Lipinski definition) is 4. The van der Waals surface area contributed by atoms with Gasteiger partial charge in [0.15, 0.2) is 11.5 Å². The van der Waals surface area contributed by atoms with Crippen LogP contribution in [0.4, 0.5) is 0 Å². The average molecular weight is 273 g/mol. The third-order valence-corrected chi connectivity index (χ3v) is 3.27. The van der Waals surface area contributed by atoms with Crippen LogP contribution in [-0.4, -0.2) is 19.3 Å². The molecule has 0 unspecified atom stereocenters. The molecular formula is C16H19NO3. The van der Waals surface area contributed by atoms with Crippen molar-refractivity contribution in [2.75, 3.05) is 13.2 Å². The van der Waals surface area contributed by atoms with Crippen molar-refractivity contribution < 1.29 is 13.9 Å². The summed E-state index contributed by atoms with van der Waals surface area (Å²) in [5.41, 5.74) is 2.18. The molecule has 0 fully saturated rings. The molecule has 0 saturated carbocycles. The van der Waals surface area contributed by atoms with E-state index in [1.165, 1.54) is 0 Å². The van der Waals surface area contributed by atoms with Crippen molar-refractivity contribution in [3.8, 4) is 22.6 Å². The number of benzene rings is 1. The first kappa shape index (κ1) is 13.1. The van der Waals surface area contributed by atoms with E-state index in [1.54, 1.807) is 6.26 Å². The maximum Gasteiger partial charge on any atom is 0.161 e. The zero-order valence-electron chi connectivity index (χ0n) is 11.8. The topological polar surface area (TPSA) is 43.6 Å². The molecule has 2 heterocycles. The second-order valence-electron chi connectivity index (χ2n) is 5.15. The largest absolute Gasteiger partial charge is 0.486 e. The van der Waals surface area contributed by atoms with Gasteiger partial charge in [0.1, 0.15) is 19.0 Å². The molecule has 20 heavy (non-hydrogen) atoms. The minimum absolute atomic E-state index is 0.424. The van der Waals surface area contributed by atoms with Gasteiger partial charge in [-0.1, -0.05) is 19.9 Å². The van der Waals surface area contributed by atoms with Crippen molar-refractivity contribution in [2.24, 2.45) is 0 Å². The molecule has 1 aromatic carbocycles. The molecule has 1 aliphatic heterocycles. The van der Waals surface area contributed by atoms with Crippen LogP contribution in [0.15, 0.2) is 34.9 Å². The normalized spacial score (nSPS) is 13.8. The predicted molar refractivity (Wildman–Crippen MR) is 77.1 cm³/mol. The van der Waals surface area contributed by atoms with E-state index in [2.05, 4.69) is 19.2 Å². The monoisotopic (exact) mass is 273 g/mol. The Kier molecular flexibility index (Phi) is 3.65. The molecule has 0 radical (unpaired) electrons. The Hall–Kier alpha value is -1.94. The lowest BCUT2D eigenvalue weighted by atomic mass is 10.1. The Bertz CT molecular complexity index is 589. The van der Waals surface area contributed by atoms with Crippen LogP contribution in [0.1, 0.15) is 19.6 Å². The van der Waals surface area contributed by atoms with E-state index in [0.29, 0.717) is 25.8 Å². The molecule has 0 saturated heterocycles. The minimum atomic E-state index is 0.424. The molecule has 0 aliphatic carbocycles. The van der Waals surface area contributed by atoms with Gasteiger partial charge in [-0.3, -0.25) is 0 Å². The van der Waals surface area contributed by atoms with Gasteiger partial charge in [0, 0.05) is 11.6 Å². The quantitative estimate of drug-likeness (QED) is 0.929. The molecule has 2 aromatic rings. The fourth-order valence-corrected chi connectivity index (χ4v) is 2.24. The molecule has 0 bridgehead atoms. The summed E-state index contributed by atoms with van der Waals surface area (Å²) in [5.74, 6) is 2.55. The van der Waals surface area contributed by atoms with Crippen molar-refractivity contribution in [3.05, 3.63) is 36.3 Å². The highest BCUT2D eigenvalue weighted by Gasteiger charge is 2.15. The molecule has 0 spiro atoms. The van der Waals surface area contributed by atoms with E-state index in [0.717, 1.165) is 28.4 Å². The van der Waals surface area contributed by atoms with Crippen molar-refractivity contribution in [2.45, 2.75) is 26.4 Å². The summed E-state index contributed by atoms with van der Waals surface area (Å²) >= 11 is 0. The van der Waals surface area contributed by atoms with Crippen LogP contribution < -0.4 is 14.8 Å². The van der Waals surface area contributed by atoms with Crippen LogP contribution in [0.3, 0.4) is 0 Å². The smallest absolute Gasteiger partial charge is 0.161 e. The zero-order chi connectivity index (χ0) is 13.9. The van der Waals surface area contributed by atoms with Crippen molar-refractivity contribution >= 4 is 0 Å². The lowest BCUT2D eigenvalue weighted by Crippen LogP contribution is -2.21. The number of ether oxygens (including phenoxy) is 2. The third kappa shape index (κ3) is 2.65. The van der Waals surface area contributed by atoms with E-state index in [9.17, 15) is 0 Å². The Morgan fingerprint density at radius 2 is 1.90 bits per heavy atom. The molecule has 3 rings (SSSR count). The van der Waals surface area contributed by atoms with Crippen molar-refractivity contribution in [1.29, 1.82) is 0 Å². The molecule has 4 heteroatoms. The van der Waals surface area contributed by atoms with Gasteiger partial charge in [-0.05, 0) is 23.8 Å². The summed E-state index contributed by atoms with van der Waals surface area (Å²) in [5, 5.41) is 3.37. The van der Waals surface area contributed by atoms with Gasteiger partial charge in [-0.2, -0.15) is 0 Å². The molecule has 4 nitrogen and oxygen atoms in total. The number of furan rings is 1. The molecular weight excluding hydrogens is 254 g/mol. The van der Waals surface area contributed by atoms with E-state index < -0.39 is 0 Å². The van der Waals surface area contributed by atoms with E-state index in [4.69, 9.17) is 13.9 Å². The summed E-state index contributed by atoms with van der Waals surface area (Å²) in [7, 11) is 0. The van der Waals surface area contributed by atoms with Gasteiger partial charge in [0.05, 0.1) is 12.8 Å². The van der Waals surface area contributed by atoms with Crippen LogP contribution in [0.2, 0.25) is 0 Å². The molecule has 1 N–H and O–H groups in total. The Balaban J connectivity index is 1.87. The van der Waals surface area contributed by atoms with Crippen molar-refractivity contribution in [1.82, 2.24) is 5.32 Å². The third-order valence-electron chi connectivity index (χ3n) is 3.27. The van der Waals surface area contributed by atoms with Crippen LogP contribution >= 0.6 is 0 Å². The summed E-state index contributed by atoms with van der Waals surface area (Å²) in [6.07, 6.45) is 1.73. The second-order valence-corrected chi connectivity index (χ2v) is 5.15. The summed E-state index contributed by atoms with van der Waals surface area (Å²) in [6.45, 7) is 6.17. The standard InChI is InChI=1S/C16H19NO3/c1-11(2)17-10-16-13(5-6-18-16)12-3-4-14-15(9-12)20-8-7-19-14/h3-6,9,11,17H,7-8,10H2,1-2H3. The molecule has 106 valence electrons. The Morgan fingerprint density at radius 1 is 1.10 bits per heavy atom. The van der Waals surface area contributed by atoms with Crippen LogP contribution in [-0.2, 0) is 6.54 Å². The van der Waals surface area contributed by atoms with Gasteiger partial charge >= 0.3 is 0 Å². The summed E-state index contributed by atoms with van der Waals surface area (Å²) < 4.78 is 16.8. The second kappa shape index (κ2) is 5.59. The number of rotatable bonds is 4. The van der Waals surface area contributed by atoms with Crippen LogP contribution in [0.25, 0.3) is 11.1 Å². The van der Waals surface area contributed by atoms with Gasteiger partial charge in [0.2, 0.25) is 0 Å². The van der Waals surface area contributed by atoms with Gasteiger partial charge < -0.3 is 19.2 Å². The molecule has 0 atom stereocenters. The minimum Gasteiger partial charge on any atom is -0.486 e. The Morgan fingerprint density at radius 3 is 2.70 bits per heavy atom. The highest BCUT2D eigenvalue weighted by molar-refractivity contribution is 5.69. The number of fused-ring (bicyclic) bond motifs is 1. The number of hydrogen-bond donors (Lipinski definition) is 1. The van der Waals surface area contributed by atoms with E-state index in [1.807, 2.05) is 24.3 Å². The van der Waals surface area contributed by atoms with E-state index in [-0.39, 0.29) is 0 Å². The molecule has 0 amide bonds. The summed E-state index contributed by atoms with van der Waals surface area (Å²) in [6, 6.07) is 8.42. The lowest BCUT2D eigenvalue weighted by Gasteiger charge is -2.19. The first-order valence-electron chi connectivity index (χ1n) is 6.94. The molecule has 1 aromatic heterocycles. The maximum absolute atomic E-state index is 5.63. The van der Waals surface area contributed by atoms with Crippen LogP contribution in [0.5, 0.6) is 11.5 Å². The highest BCUT2D eigenvalue weighted by atomic mass is 16.6. The highest BCUT2D eigenvalue weighted by Crippen LogP contribution is 2.35. The fraction of sp³-hybridized carbons (Fsp3) is 0.375. The maximum atomic E-state index is 5.63. The SMILES string of the molecule is CC(C)NCc1occc1-c1ccc2c(c1)OCCO2. The zero-order valence-corrected chi connectivity index (χ0v) is 11.8. The summed E-state index contributed by atoms with van der Waals surface area (Å²) in [4.78, 5) is 0. The molecule has 1 aliphatic rings. The average Bonchev–Trinajstić information content (AvgIpc) is 2.93. The van der Waals surface area contributed by atoms with Crippen molar-refractivity contribution in [3.63, 3.8) is 0 Å². The first-order valence-corrected chi connectivity index (χ1v) is 6.94. The van der Waals surface area contributed by atoms with Gasteiger partial charge in [-0.15, -0.1) is 0 Å². The van der Waals surface area contributed by atoms with Crippen LogP contribution in [0, 0.1) is 0 Å². The Labute approximate surface area is 118 Å². The lowest BCUT2D eigenvalue weighted by molar-refractivity contribution is 0.171. The predicted octanol–water partition coefficient (Wildman–Crippen LogP) is 3.22. The first-order chi connectivity index (χ1) is 9.74. The van der Waals surface area contributed by atoms with Gasteiger partial charge in [0.25, 0.3) is 0 Å². The van der Waals surface area contributed by atoms with Gasteiger partial charge in [-0.25, -0.2) is 0 Å². The number of nitrogens with one attached hydrogen (secondary N) is 1. The fourth-order valence-electron chi connectivity index (χ4n) is 2.24. The van der Waals surface area contributed by atoms with E-state index >= 15 is 0 Å².